The number of amides is 1. The van der Waals surface area contributed by atoms with E-state index >= 15 is 0 Å². The zero-order chi connectivity index (χ0) is 20.4. The average Bonchev–Trinajstić information content (AvgIpc) is 3.17. The Hall–Kier alpha value is -1.71. The molecular formula is C22H25IN4OS. The lowest BCUT2D eigenvalue weighted by atomic mass is 10.1. The first-order chi connectivity index (χ1) is 14.0. The van der Waals surface area contributed by atoms with Crippen LogP contribution in [0.4, 0.5) is 5.13 Å². The Morgan fingerprint density at radius 3 is 2.66 bits per heavy atom. The summed E-state index contributed by atoms with van der Waals surface area (Å²) in [6, 6.07) is 12.1. The fourth-order valence-electron chi connectivity index (χ4n) is 3.58. The zero-order valence-corrected chi connectivity index (χ0v) is 19.7. The predicted octanol–water partition coefficient (Wildman–Crippen LogP) is 4.07. The Bertz CT molecular complexity index is 1030. The third kappa shape index (κ3) is 4.57. The minimum Gasteiger partial charge on any atom is -0.351 e. The first-order valence-corrected chi connectivity index (χ1v) is 11.8. The van der Waals surface area contributed by atoms with E-state index in [2.05, 4.69) is 63.7 Å². The highest BCUT2D eigenvalue weighted by atomic mass is 127. The largest absolute Gasteiger partial charge is 0.351 e. The molecule has 152 valence electrons. The lowest BCUT2D eigenvalue weighted by molar-refractivity contribution is 0.0947. The molecule has 29 heavy (non-hydrogen) atoms. The second kappa shape index (κ2) is 8.97. The number of hydrogen-bond acceptors (Lipinski definition) is 5. The second-order valence-corrected chi connectivity index (χ2v) is 9.59. The molecule has 2 heterocycles. The fraction of sp³-hybridized carbons (Fsp3) is 0.364. The number of hydrogen-bond donors (Lipinski definition) is 1. The standard InChI is InChI=1S/C22H25IN4OS/c1-15-7-8-19-20(16(15)2)25-22(29-19)27-13-11-26(12-14-27)10-9-24-21(28)17-5-3-4-6-18(17)23/h3-8H,9-14H2,1-2H3,(H,24,28). The fourth-order valence-corrected chi connectivity index (χ4v) is 5.29. The first-order valence-electron chi connectivity index (χ1n) is 9.89. The van der Waals surface area contributed by atoms with E-state index in [1.54, 1.807) is 11.3 Å². The van der Waals surface area contributed by atoms with Gasteiger partial charge < -0.3 is 10.2 Å². The van der Waals surface area contributed by atoms with E-state index < -0.39 is 0 Å². The number of rotatable bonds is 5. The highest BCUT2D eigenvalue weighted by molar-refractivity contribution is 14.1. The number of carbonyl (C=O) groups is 1. The molecule has 1 aromatic heterocycles. The maximum absolute atomic E-state index is 12.3. The lowest BCUT2D eigenvalue weighted by Crippen LogP contribution is -2.48. The molecule has 0 bridgehead atoms. The Kier molecular flexibility index (Phi) is 6.36. The van der Waals surface area contributed by atoms with Crippen molar-refractivity contribution in [3.63, 3.8) is 0 Å². The van der Waals surface area contributed by atoms with Crippen molar-refractivity contribution in [1.82, 2.24) is 15.2 Å². The minimum absolute atomic E-state index is 0.00812. The molecule has 1 fully saturated rings. The van der Waals surface area contributed by atoms with Crippen LogP contribution in [0.5, 0.6) is 0 Å². The van der Waals surface area contributed by atoms with Crippen LogP contribution in [0.1, 0.15) is 21.5 Å². The Labute approximate surface area is 189 Å². The van der Waals surface area contributed by atoms with Crippen molar-refractivity contribution >= 4 is 55.2 Å². The number of carbonyl (C=O) groups excluding carboxylic acids is 1. The lowest BCUT2D eigenvalue weighted by Gasteiger charge is -2.34. The van der Waals surface area contributed by atoms with E-state index in [-0.39, 0.29) is 5.91 Å². The van der Waals surface area contributed by atoms with Crippen molar-refractivity contribution in [3.8, 4) is 0 Å². The van der Waals surface area contributed by atoms with E-state index in [1.807, 2.05) is 24.3 Å². The maximum Gasteiger partial charge on any atom is 0.252 e. The van der Waals surface area contributed by atoms with Crippen LogP contribution in [0, 0.1) is 17.4 Å². The topological polar surface area (TPSA) is 48.5 Å². The van der Waals surface area contributed by atoms with Crippen molar-refractivity contribution in [1.29, 1.82) is 0 Å². The maximum atomic E-state index is 12.3. The molecule has 0 atom stereocenters. The molecule has 1 saturated heterocycles. The average molecular weight is 520 g/mol. The van der Waals surface area contributed by atoms with E-state index in [9.17, 15) is 4.79 Å². The number of thiazole rings is 1. The number of piperazine rings is 1. The molecule has 1 aliphatic heterocycles. The highest BCUT2D eigenvalue weighted by Crippen LogP contribution is 2.32. The minimum atomic E-state index is 0.00812. The number of benzene rings is 2. The molecule has 0 radical (unpaired) electrons. The number of nitrogens with one attached hydrogen (secondary N) is 1. The van der Waals surface area contributed by atoms with Gasteiger partial charge in [-0.3, -0.25) is 9.69 Å². The van der Waals surface area contributed by atoms with Crippen LogP contribution in [-0.4, -0.2) is 55.1 Å². The molecule has 3 aromatic rings. The van der Waals surface area contributed by atoms with Crippen molar-refractivity contribution in [2.24, 2.45) is 0 Å². The summed E-state index contributed by atoms with van der Waals surface area (Å²) in [7, 11) is 0. The number of aryl methyl sites for hydroxylation is 2. The van der Waals surface area contributed by atoms with Crippen LogP contribution in [0.3, 0.4) is 0 Å². The quantitative estimate of drug-likeness (QED) is 0.516. The Morgan fingerprint density at radius 1 is 1.14 bits per heavy atom. The third-order valence-corrected chi connectivity index (χ3v) is 7.57. The SMILES string of the molecule is Cc1ccc2sc(N3CCN(CCNC(=O)c4ccccc4I)CC3)nc2c1C. The van der Waals surface area contributed by atoms with Gasteiger partial charge in [0.25, 0.3) is 5.91 Å². The van der Waals surface area contributed by atoms with E-state index in [0.29, 0.717) is 6.54 Å². The van der Waals surface area contributed by atoms with E-state index in [4.69, 9.17) is 4.98 Å². The molecule has 5 nitrogen and oxygen atoms in total. The smallest absolute Gasteiger partial charge is 0.252 e. The van der Waals surface area contributed by atoms with Crippen molar-refractivity contribution in [3.05, 3.63) is 56.7 Å². The molecule has 7 heteroatoms. The van der Waals surface area contributed by atoms with Gasteiger partial charge in [0.05, 0.1) is 15.8 Å². The number of fused-ring (bicyclic) bond motifs is 1. The van der Waals surface area contributed by atoms with Crippen LogP contribution in [0.15, 0.2) is 36.4 Å². The van der Waals surface area contributed by atoms with E-state index in [0.717, 1.165) is 52.5 Å². The molecule has 2 aromatic carbocycles. The molecule has 0 saturated carbocycles. The van der Waals surface area contributed by atoms with Crippen molar-refractivity contribution in [2.75, 3.05) is 44.2 Å². The summed E-state index contributed by atoms with van der Waals surface area (Å²) in [4.78, 5) is 22.1. The number of halogens is 1. The van der Waals surface area contributed by atoms with Crippen molar-refractivity contribution in [2.45, 2.75) is 13.8 Å². The molecule has 1 aliphatic rings. The summed E-state index contributed by atoms with van der Waals surface area (Å²) in [6.07, 6.45) is 0. The molecule has 0 unspecified atom stereocenters. The van der Waals surface area contributed by atoms with Crippen LogP contribution in [-0.2, 0) is 0 Å². The predicted molar refractivity (Wildman–Crippen MR) is 129 cm³/mol. The van der Waals surface area contributed by atoms with Gasteiger partial charge in [0.15, 0.2) is 5.13 Å². The number of anilines is 1. The van der Waals surface area contributed by atoms with Crippen LogP contribution in [0.2, 0.25) is 0 Å². The summed E-state index contributed by atoms with van der Waals surface area (Å²) in [5, 5.41) is 4.18. The summed E-state index contributed by atoms with van der Waals surface area (Å²) in [5.74, 6) is 0.00812. The van der Waals surface area contributed by atoms with Gasteiger partial charge in [-0.1, -0.05) is 29.5 Å². The van der Waals surface area contributed by atoms with Gasteiger partial charge in [0.2, 0.25) is 0 Å². The highest BCUT2D eigenvalue weighted by Gasteiger charge is 2.20. The monoisotopic (exact) mass is 520 g/mol. The number of aromatic nitrogens is 1. The van der Waals surface area contributed by atoms with Gasteiger partial charge >= 0.3 is 0 Å². The normalized spacial score (nSPS) is 15.1. The van der Waals surface area contributed by atoms with Gasteiger partial charge in [0, 0.05) is 42.8 Å². The molecule has 1 N–H and O–H groups in total. The first kappa shape index (κ1) is 20.6. The van der Waals surface area contributed by atoms with Crippen molar-refractivity contribution < 1.29 is 4.79 Å². The molecule has 0 aliphatic carbocycles. The second-order valence-electron chi connectivity index (χ2n) is 7.42. The molecule has 0 spiro atoms. The summed E-state index contributed by atoms with van der Waals surface area (Å²) in [5.41, 5.74) is 4.48. The van der Waals surface area contributed by atoms with Gasteiger partial charge in [-0.15, -0.1) is 0 Å². The molecule has 4 rings (SSSR count). The van der Waals surface area contributed by atoms with E-state index in [1.165, 1.54) is 15.8 Å². The molecular weight excluding hydrogens is 495 g/mol. The van der Waals surface area contributed by atoms with Crippen LogP contribution >= 0.6 is 33.9 Å². The van der Waals surface area contributed by atoms with Gasteiger partial charge in [-0.05, 0) is 65.8 Å². The van der Waals surface area contributed by atoms with Crippen LogP contribution in [0.25, 0.3) is 10.2 Å². The Morgan fingerprint density at radius 2 is 1.90 bits per heavy atom. The van der Waals surface area contributed by atoms with Gasteiger partial charge in [0.1, 0.15) is 0 Å². The van der Waals surface area contributed by atoms with Crippen LogP contribution < -0.4 is 10.2 Å². The molecule has 1 amide bonds. The zero-order valence-electron chi connectivity index (χ0n) is 16.7. The van der Waals surface area contributed by atoms with Gasteiger partial charge in [-0.2, -0.15) is 0 Å². The summed E-state index contributed by atoms with van der Waals surface area (Å²) in [6.45, 7) is 9.78. The third-order valence-electron chi connectivity index (χ3n) is 5.55. The summed E-state index contributed by atoms with van der Waals surface area (Å²) < 4.78 is 2.25. The number of nitrogens with zero attached hydrogens (tertiary/aromatic N) is 3. The van der Waals surface area contributed by atoms with Gasteiger partial charge in [-0.25, -0.2) is 4.98 Å². The Balaban J connectivity index is 1.28. The summed E-state index contributed by atoms with van der Waals surface area (Å²) >= 11 is 3.99.